The lowest BCUT2D eigenvalue weighted by Gasteiger charge is -2.20. The number of nitrogens with one attached hydrogen (secondary N) is 2. The van der Waals surface area contributed by atoms with E-state index in [2.05, 4.69) is 10.6 Å². The van der Waals surface area contributed by atoms with Crippen molar-refractivity contribution in [1.82, 2.24) is 10.6 Å². The highest BCUT2D eigenvalue weighted by atomic mass is 19.1. The zero-order valence-corrected chi connectivity index (χ0v) is 8.34. The van der Waals surface area contributed by atoms with Crippen molar-refractivity contribution in [2.75, 3.05) is 6.54 Å². The summed E-state index contributed by atoms with van der Waals surface area (Å²) in [5, 5.41) is 5.33. The van der Waals surface area contributed by atoms with Crippen molar-refractivity contribution in [2.24, 2.45) is 0 Å². The molecule has 0 bridgehead atoms. The van der Waals surface area contributed by atoms with E-state index in [9.17, 15) is 14.0 Å². The van der Waals surface area contributed by atoms with Crippen LogP contribution in [0.2, 0.25) is 0 Å². The lowest BCUT2D eigenvalue weighted by Crippen LogP contribution is -2.45. The van der Waals surface area contributed by atoms with Crippen LogP contribution in [-0.2, 0) is 10.3 Å². The van der Waals surface area contributed by atoms with Crippen LogP contribution in [0.4, 0.5) is 4.39 Å². The van der Waals surface area contributed by atoms with Gasteiger partial charge in [0.2, 0.25) is 0 Å². The molecule has 1 aromatic rings. The van der Waals surface area contributed by atoms with Crippen LogP contribution in [0.15, 0.2) is 18.2 Å². The number of carbonyl (C=O) groups excluding carboxylic acids is 2. The molecule has 0 aromatic heterocycles. The van der Waals surface area contributed by atoms with Crippen molar-refractivity contribution in [3.63, 3.8) is 0 Å². The Kier molecular flexibility index (Phi) is 1.64. The van der Waals surface area contributed by atoms with Crippen LogP contribution in [0, 0.1) is 5.82 Å². The van der Waals surface area contributed by atoms with Gasteiger partial charge < -0.3 is 10.6 Å². The van der Waals surface area contributed by atoms with E-state index in [1.807, 2.05) is 0 Å². The summed E-state index contributed by atoms with van der Waals surface area (Å²) in [6.45, 7) is 0.524. The van der Waals surface area contributed by atoms with Crippen molar-refractivity contribution >= 4 is 11.8 Å². The summed E-state index contributed by atoms with van der Waals surface area (Å²) in [7, 11) is 0. The Balaban J connectivity index is 2.23. The molecule has 2 amide bonds. The van der Waals surface area contributed by atoms with Crippen LogP contribution in [0.5, 0.6) is 0 Å². The van der Waals surface area contributed by atoms with Crippen LogP contribution < -0.4 is 10.6 Å². The van der Waals surface area contributed by atoms with Gasteiger partial charge in [0.25, 0.3) is 11.8 Å². The third kappa shape index (κ3) is 0.973. The highest BCUT2D eigenvalue weighted by Crippen LogP contribution is 2.36. The van der Waals surface area contributed by atoms with E-state index in [1.165, 1.54) is 18.2 Å². The Morgan fingerprint density at radius 1 is 1.31 bits per heavy atom. The minimum Gasteiger partial charge on any atom is -0.354 e. The summed E-state index contributed by atoms with van der Waals surface area (Å²) in [5.74, 6) is -1.07. The molecule has 0 saturated carbocycles. The van der Waals surface area contributed by atoms with E-state index in [0.29, 0.717) is 18.5 Å². The van der Waals surface area contributed by atoms with Gasteiger partial charge in [0.05, 0.1) is 0 Å². The summed E-state index contributed by atoms with van der Waals surface area (Å²) in [4.78, 5) is 23.4. The standard InChI is InChI=1S/C11H9FN2O2/c12-6-1-2-8-7(5-6)9(15)14-11(8)3-4-13-10(11)16/h1-2,5H,3-4H2,(H,13,16)(H,14,15)/t11-/m1/s1. The Hall–Kier alpha value is -1.91. The number of halogens is 1. The summed E-state index contributed by atoms with van der Waals surface area (Å²) in [6, 6.07) is 3.95. The highest BCUT2D eigenvalue weighted by molar-refractivity contribution is 6.07. The van der Waals surface area contributed by atoms with Crippen LogP contribution in [0.1, 0.15) is 22.3 Å². The Morgan fingerprint density at radius 2 is 2.12 bits per heavy atom. The Morgan fingerprint density at radius 3 is 2.81 bits per heavy atom. The average molecular weight is 220 g/mol. The molecule has 1 saturated heterocycles. The molecule has 2 aliphatic rings. The molecule has 1 spiro atoms. The molecule has 5 heteroatoms. The predicted molar refractivity (Wildman–Crippen MR) is 53.2 cm³/mol. The summed E-state index contributed by atoms with van der Waals surface area (Å²) < 4.78 is 13.0. The zero-order chi connectivity index (χ0) is 11.3. The van der Waals surface area contributed by atoms with Gasteiger partial charge in [-0.1, -0.05) is 6.07 Å². The molecule has 4 nitrogen and oxygen atoms in total. The summed E-state index contributed by atoms with van der Waals surface area (Å²) in [6.07, 6.45) is 0.510. The molecule has 0 aliphatic carbocycles. The first-order valence-corrected chi connectivity index (χ1v) is 5.04. The lowest BCUT2D eigenvalue weighted by molar-refractivity contribution is -0.124. The number of carbonyl (C=O) groups is 2. The first-order chi connectivity index (χ1) is 7.63. The van der Waals surface area contributed by atoms with E-state index >= 15 is 0 Å². The van der Waals surface area contributed by atoms with Gasteiger partial charge in [-0.05, 0) is 17.7 Å². The maximum absolute atomic E-state index is 13.0. The van der Waals surface area contributed by atoms with Crippen molar-refractivity contribution in [3.05, 3.63) is 35.1 Å². The molecule has 1 aromatic carbocycles. The average Bonchev–Trinajstić information content (AvgIpc) is 2.73. The van der Waals surface area contributed by atoms with E-state index in [-0.39, 0.29) is 17.4 Å². The second-order valence-electron chi connectivity index (χ2n) is 4.06. The van der Waals surface area contributed by atoms with Crippen LogP contribution >= 0.6 is 0 Å². The van der Waals surface area contributed by atoms with Gasteiger partial charge in [-0.15, -0.1) is 0 Å². The molecule has 2 heterocycles. The van der Waals surface area contributed by atoms with Crippen molar-refractivity contribution in [1.29, 1.82) is 0 Å². The zero-order valence-electron chi connectivity index (χ0n) is 8.34. The summed E-state index contributed by atoms with van der Waals surface area (Å²) in [5.41, 5.74) is -0.133. The third-order valence-electron chi connectivity index (χ3n) is 3.19. The highest BCUT2D eigenvalue weighted by Gasteiger charge is 2.51. The van der Waals surface area contributed by atoms with Crippen molar-refractivity contribution in [2.45, 2.75) is 12.0 Å². The third-order valence-corrected chi connectivity index (χ3v) is 3.19. The molecule has 2 N–H and O–H groups in total. The fourth-order valence-corrected chi connectivity index (χ4v) is 2.41. The normalized spacial score (nSPS) is 26.8. The lowest BCUT2D eigenvalue weighted by atomic mass is 9.89. The van der Waals surface area contributed by atoms with E-state index in [0.717, 1.165) is 0 Å². The molecule has 0 unspecified atom stereocenters. The molecule has 16 heavy (non-hydrogen) atoms. The quantitative estimate of drug-likeness (QED) is 0.660. The minimum absolute atomic E-state index is 0.216. The molecule has 2 aliphatic heterocycles. The van der Waals surface area contributed by atoms with Crippen molar-refractivity contribution < 1.29 is 14.0 Å². The second-order valence-corrected chi connectivity index (χ2v) is 4.06. The van der Waals surface area contributed by atoms with E-state index in [4.69, 9.17) is 0 Å². The van der Waals surface area contributed by atoms with Crippen LogP contribution in [0.3, 0.4) is 0 Å². The van der Waals surface area contributed by atoms with Gasteiger partial charge in [0, 0.05) is 18.5 Å². The van der Waals surface area contributed by atoms with Gasteiger partial charge in [0.15, 0.2) is 0 Å². The minimum atomic E-state index is -0.972. The number of hydrogen-bond donors (Lipinski definition) is 2. The molecule has 3 rings (SSSR count). The van der Waals surface area contributed by atoms with Gasteiger partial charge in [-0.2, -0.15) is 0 Å². The molecular formula is C11H9FN2O2. The number of rotatable bonds is 0. The molecule has 1 atom stereocenters. The monoisotopic (exact) mass is 220 g/mol. The number of amides is 2. The fourth-order valence-electron chi connectivity index (χ4n) is 2.41. The van der Waals surface area contributed by atoms with Gasteiger partial charge in [-0.3, -0.25) is 9.59 Å². The molecule has 1 fully saturated rings. The van der Waals surface area contributed by atoms with Crippen LogP contribution in [0.25, 0.3) is 0 Å². The van der Waals surface area contributed by atoms with Gasteiger partial charge in [0.1, 0.15) is 11.4 Å². The maximum atomic E-state index is 13.0. The molecule has 0 radical (unpaired) electrons. The largest absolute Gasteiger partial charge is 0.354 e. The number of benzene rings is 1. The number of hydrogen-bond acceptors (Lipinski definition) is 2. The Bertz CT molecular complexity index is 515. The van der Waals surface area contributed by atoms with Crippen molar-refractivity contribution in [3.8, 4) is 0 Å². The Labute approximate surface area is 90.8 Å². The second kappa shape index (κ2) is 2.81. The molecule has 82 valence electrons. The fraction of sp³-hybridized carbons (Fsp3) is 0.273. The molecular weight excluding hydrogens is 211 g/mol. The maximum Gasteiger partial charge on any atom is 0.252 e. The smallest absolute Gasteiger partial charge is 0.252 e. The van der Waals surface area contributed by atoms with E-state index in [1.54, 1.807) is 0 Å². The van der Waals surface area contributed by atoms with Gasteiger partial charge in [-0.25, -0.2) is 4.39 Å². The first-order valence-electron chi connectivity index (χ1n) is 5.04. The topological polar surface area (TPSA) is 58.2 Å². The van der Waals surface area contributed by atoms with Gasteiger partial charge >= 0.3 is 0 Å². The number of fused-ring (bicyclic) bond motifs is 2. The SMILES string of the molecule is O=C1N[C@]2(CCNC2=O)c2ccc(F)cc21. The first kappa shape index (κ1) is 9.33. The summed E-state index contributed by atoms with van der Waals surface area (Å²) >= 11 is 0. The predicted octanol–water partition coefficient (Wildman–Crippen LogP) is 0.284. The van der Waals surface area contributed by atoms with E-state index < -0.39 is 11.4 Å². The van der Waals surface area contributed by atoms with Crippen LogP contribution in [-0.4, -0.2) is 18.4 Å².